The molecule has 10 heteroatoms. The van der Waals surface area contributed by atoms with Gasteiger partial charge in [0.1, 0.15) is 23.1 Å². The monoisotopic (exact) mass is 482 g/mol. The van der Waals surface area contributed by atoms with Gasteiger partial charge in [-0.05, 0) is 37.5 Å². The van der Waals surface area contributed by atoms with Crippen LogP contribution in [0.15, 0.2) is 30.6 Å². The van der Waals surface area contributed by atoms with E-state index in [2.05, 4.69) is 31.0 Å². The van der Waals surface area contributed by atoms with Gasteiger partial charge < -0.3 is 20.1 Å². The Hall–Kier alpha value is -2.95. The number of hydrogen-bond donors (Lipinski definition) is 2. The van der Waals surface area contributed by atoms with Gasteiger partial charge in [-0.3, -0.25) is 14.8 Å². The summed E-state index contributed by atoms with van der Waals surface area (Å²) in [5.41, 5.74) is 8.91. The number of nitrogens with one attached hydrogen (secondary N) is 1. The SMILES string of the molecule is NC(=O)c1nc(-c2cn[nH]c2)sc1-c1cc(OCCN2CCOCC2)ccc1N1CCCCC1. The summed E-state index contributed by atoms with van der Waals surface area (Å²) in [5.74, 6) is 0.238. The Morgan fingerprint density at radius 3 is 2.74 bits per heavy atom. The van der Waals surface area contributed by atoms with E-state index in [4.69, 9.17) is 15.2 Å². The molecule has 0 saturated carbocycles. The number of aromatic amines is 1. The number of nitrogens with zero attached hydrogens (tertiary/aromatic N) is 4. The van der Waals surface area contributed by atoms with Crippen molar-refractivity contribution < 1.29 is 14.3 Å². The number of benzene rings is 1. The summed E-state index contributed by atoms with van der Waals surface area (Å²) in [6, 6.07) is 6.16. The van der Waals surface area contributed by atoms with E-state index in [1.165, 1.54) is 17.8 Å². The number of thiazole rings is 1. The van der Waals surface area contributed by atoms with E-state index in [-0.39, 0.29) is 5.69 Å². The van der Waals surface area contributed by atoms with Gasteiger partial charge in [0, 0.05) is 55.7 Å². The minimum atomic E-state index is -0.538. The third kappa shape index (κ3) is 5.08. The van der Waals surface area contributed by atoms with Gasteiger partial charge in [-0.15, -0.1) is 11.3 Å². The lowest BCUT2D eigenvalue weighted by atomic mass is 10.0. The average Bonchev–Trinajstić information content (AvgIpc) is 3.56. The molecule has 34 heavy (non-hydrogen) atoms. The van der Waals surface area contributed by atoms with Gasteiger partial charge in [0.15, 0.2) is 0 Å². The predicted molar refractivity (Wildman–Crippen MR) is 132 cm³/mol. The first-order valence-electron chi connectivity index (χ1n) is 11.8. The molecule has 1 amide bonds. The molecule has 0 radical (unpaired) electrons. The molecule has 5 rings (SSSR count). The van der Waals surface area contributed by atoms with Gasteiger partial charge in [-0.1, -0.05) is 0 Å². The highest BCUT2D eigenvalue weighted by atomic mass is 32.1. The Kier molecular flexibility index (Phi) is 7.08. The largest absolute Gasteiger partial charge is 0.492 e. The van der Waals surface area contributed by atoms with Crippen molar-refractivity contribution >= 4 is 22.9 Å². The van der Waals surface area contributed by atoms with Gasteiger partial charge in [-0.2, -0.15) is 5.10 Å². The first-order chi connectivity index (χ1) is 16.7. The maximum absolute atomic E-state index is 12.4. The summed E-state index contributed by atoms with van der Waals surface area (Å²) in [6.07, 6.45) is 7.02. The smallest absolute Gasteiger partial charge is 0.268 e. The van der Waals surface area contributed by atoms with Crippen LogP contribution in [-0.4, -0.2) is 78.5 Å². The highest BCUT2D eigenvalue weighted by molar-refractivity contribution is 7.18. The molecule has 0 spiro atoms. The number of hydrogen-bond acceptors (Lipinski definition) is 8. The van der Waals surface area contributed by atoms with Crippen LogP contribution in [0.2, 0.25) is 0 Å². The fourth-order valence-electron chi connectivity index (χ4n) is 4.48. The zero-order valence-electron chi connectivity index (χ0n) is 19.2. The van der Waals surface area contributed by atoms with Crippen molar-refractivity contribution in [3.05, 3.63) is 36.3 Å². The van der Waals surface area contributed by atoms with E-state index in [0.717, 1.165) is 86.2 Å². The summed E-state index contributed by atoms with van der Waals surface area (Å²) in [6.45, 7) is 6.83. The van der Waals surface area contributed by atoms with E-state index in [0.29, 0.717) is 11.6 Å². The third-order valence-corrected chi connectivity index (χ3v) is 7.43. The second kappa shape index (κ2) is 10.5. The van der Waals surface area contributed by atoms with Crippen LogP contribution < -0.4 is 15.4 Å². The number of amides is 1. The van der Waals surface area contributed by atoms with Crippen LogP contribution in [0.4, 0.5) is 5.69 Å². The molecule has 2 saturated heterocycles. The Morgan fingerprint density at radius 2 is 2.00 bits per heavy atom. The molecule has 2 fully saturated rings. The lowest BCUT2D eigenvalue weighted by Crippen LogP contribution is -2.38. The topological polar surface area (TPSA) is 110 Å². The van der Waals surface area contributed by atoms with Crippen LogP contribution in [0, 0.1) is 0 Å². The van der Waals surface area contributed by atoms with Crippen LogP contribution >= 0.6 is 11.3 Å². The molecule has 1 aromatic carbocycles. The zero-order chi connectivity index (χ0) is 23.3. The van der Waals surface area contributed by atoms with Crippen molar-refractivity contribution in [2.45, 2.75) is 19.3 Å². The van der Waals surface area contributed by atoms with Crippen molar-refractivity contribution in [2.24, 2.45) is 5.73 Å². The Bertz CT molecular complexity index is 1100. The summed E-state index contributed by atoms with van der Waals surface area (Å²) in [7, 11) is 0. The highest BCUT2D eigenvalue weighted by Gasteiger charge is 2.24. The molecule has 0 atom stereocenters. The molecule has 9 nitrogen and oxygen atoms in total. The van der Waals surface area contributed by atoms with E-state index < -0.39 is 5.91 Å². The van der Waals surface area contributed by atoms with Crippen LogP contribution in [-0.2, 0) is 4.74 Å². The van der Waals surface area contributed by atoms with Crippen LogP contribution in [0.25, 0.3) is 21.0 Å². The number of nitrogens with two attached hydrogens (primary N) is 1. The van der Waals surface area contributed by atoms with E-state index in [9.17, 15) is 4.79 Å². The van der Waals surface area contributed by atoms with Gasteiger partial charge in [-0.25, -0.2) is 4.98 Å². The molecule has 0 aliphatic carbocycles. The molecule has 2 aliphatic heterocycles. The molecule has 0 bridgehead atoms. The number of H-pyrrole nitrogens is 1. The minimum Gasteiger partial charge on any atom is -0.492 e. The van der Waals surface area contributed by atoms with Crippen molar-refractivity contribution in [3.8, 4) is 26.8 Å². The van der Waals surface area contributed by atoms with E-state index in [1.54, 1.807) is 12.4 Å². The summed E-state index contributed by atoms with van der Waals surface area (Å²) in [5, 5.41) is 7.54. The van der Waals surface area contributed by atoms with Crippen LogP contribution in [0.1, 0.15) is 29.8 Å². The fourth-order valence-corrected chi connectivity index (χ4v) is 5.55. The van der Waals surface area contributed by atoms with Crippen molar-refractivity contribution in [1.82, 2.24) is 20.1 Å². The Labute approximate surface area is 202 Å². The summed E-state index contributed by atoms with van der Waals surface area (Å²) >= 11 is 1.46. The number of anilines is 1. The van der Waals surface area contributed by atoms with Gasteiger partial charge in [0.05, 0.1) is 24.3 Å². The lowest BCUT2D eigenvalue weighted by Gasteiger charge is -2.31. The average molecular weight is 483 g/mol. The molecule has 3 aromatic rings. The molecule has 0 unspecified atom stereocenters. The van der Waals surface area contributed by atoms with Crippen molar-refractivity contribution in [3.63, 3.8) is 0 Å². The summed E-state index contributed by atoms with van der Waals surface area (Å²) in [4.78, 5) is 22.5. The van der Waals surface area contributed by atoms with Crippen LogP contribution in [0.5, 0.6) is 5.75 Å². The fraction of sp³-hybridized carbons (Fsp3) is 0.458. The Morgan fingerprint density at radius 1 is 1.18 bits per heavy atom. The van der Waals surface area contributed by atoms with Crippen molar-refractivity contribution in [2.75, 3.05) is 57.4 Å². The number of piperidine rings is 1. The maximum atomic E-state index is 12.4. The molecule has 2 aliphatic rings. The third-order valence-electron chi connectivity index (χ3n) is 6.30. The second-order valence-corrected chi connectivity index (χ2v) is 9.58. The van der Waals surface area contributed by atoms with Gasteiger partial charge in [0.25, 0.3) is 5.91 Å². The maximum Gasteiger partial charge on any atom is 0.268 e. The normalized spacial score (nSPS) is 17.1. The first-order valence-corrected chi connectivity index (χ1v) is 12.6. The number of aromatic nitrogens is 3. The minimum absolute atomic E-state index is 0.282. The van der Waals surface area contributed by atoms with Gasteiger partial charge in [0.2, 0.25) is 0 Å². The molecular formula is C24H30N6O3S. The second-order valence-electron chi connectivity index (χ2n) is 8.58. The highest BCUT2D eigenvalue weighted by Crippen LogP contribution is 2.42. The molecule has 4 heterocycles. The number of carbonyl (C=O) groups is 1. The number of rotatable bonds is 8. The lowest BCUT2D eigenvalue weighted by molar-refractivity contribution is 0.0322. The zero-order valence-corrected chi connectivity index (χ0v) is 20.0. The van der Waals surface area contributed by atoms with Crippen molar-refractivity contribution in [1.29, 1.82) is 0 Å². The first kappa shape index (κ1) is 22.8. The number of morpholine rings is 1. The summed E-state index contributed by atoms with van der Waals surface area (Å²) < 4.78 is 11.6. The predicted octanol–water partition coefficient (Wildman–Crippen LogP) is 3.00. The standard InChI is InChI=1S/C24H30N6O3S/c25-23(31)21-22(34-24(28-21)17-15-26-27-16-17)19-14-18(33-13-10-29-8-11-32-12-9-29)4-5-20(19)30-6-2-1-3-7-30/h4-5,14-16H,1-3,6-13H2,(H2,25,31)(H,26,27). The number of ether oxygens (including phenoxy) is 2. The van der Waals surface area contributed by atoms with Gasteiger partial charge >= 0.3 is 0 Å². The van der Waals surface area contributed by atoms with E-state index >= 15 is 0 Å². The molecule has 2 aromatic heterocycles. The Balaban J connectivity index is 1.47. The van der Waals surface area contributed by atoms with E-state index in [1.807, 2.05) is 12.1 Å². The molecule has 180 valence electrons. The number of carbonyl (C=O) groups excluding carboxylic acids is 1. The number of primary amides is 1. The van der Waals surface area contributed by atoms with Crippen LogP contribution in [0.3, 0.4) is 0 Å². The molecular weight excluding hydrogens is 452 g/mol. The quantitative estimate of drug-likeness (QED) is 0.508. The molecule has 3 N–H and O–H groups in total.